The monoisotopic (exact) mass is 281 g/mol. The molecule has 0 saturated heterocycles. The number of amides is 1. The third kappa shape index (κ3) is 3.33. The molecular weight excluding hydrogens is 266 g/mol. The van der Waals surface area contributed by atoms with Gasteiger partial charge in [-0.2, -0.15) is 0 Å². The van der Waals surface area contributed by atoms with Gasteiger partial charge in [0.05, 0.1) is 6.54 Å². The molecule has 0 saturated carbocycles. The molecule has 0 aromatic heterocycles. The van der Waals surface area contributed by atoms with Crippen molar-refractivity contribution in [1.29, 1.82) is 5.41 Å². The number of anilines is 1. The highest BCUT2D eigenvalue weighted by atomic mass is 16.2. The maximum Gasteiger partial charge on any atom is 0.258 e. The summed E-state index contributed by atoms with van der Waals surface area (Å²) in [5.74, 6) is -0.414. The van der Waals surface area contributed by atoms with Crippen LogP contribution in [0, 0.1) is 5.41 Å². The van der Waals surface area contributed by atoms with E-state index in [0.717, 1.165) is 0 Å². The van der Waals surface area contributed by atoms with Gasteiger partial charge in [0.25, 0.3) is 5.91 Å². The second-order valence-corrected chi connectivity index (χ2v) is 4.41. The van der Waals surface area contributed by atoms with Crippen LogP contribution in [0.25, 0.3) is 0 Å². The van der Waals surface area contributed by atoms with Crippen molar-refractivity contribution in [2.45, 2.75) is 0 Å². The first-order valence-electron chi connectivity index (χ1n) is 6.38. The van der Waals surface area contributed by atoms with Gasteiger partial charge < -0.3 is 15.4 Å². The van der Waals surface area contributed by atoms with Gasteiger partial charge in [-0.3, -0.25) is 10.2 Å². The number of amidine groups is 1. The summed E-state index contributed by atoms with van der Waals surface area (Å²) in [5.41, 5.74) is 6.93. The van der Waals surface area contributed by atoms with E-state index in [0.29, 0.717) is 23.1 Å². The lowest BCUT2D eigenvalue weighted by molar-refractivity contribution is -0.106. The molecule has 1 amide bonds. The molecule has 2 rings (SSSR count). The SMILES string of the molecule is N=C(N)c1cccc(C(=O)N(CC=O)c2ccccc2)c1. The highest BCUT2D eigenvalue weighted by Crippen LogP contribution is 2.17. The van der Waals surface area contributed by atoms with Crippen molar-refractivity contribution in [1.82, 2.24) is 0 Å². The smallest absolute Gasteiger partial charge is 0.258 e. The van der Waals surface area contributed by atoms with Crippen LogP contribution >= 0.6 is 0 Å². The highest BCUT2D eigenvalue weighted by Gasteiger charge is 2.17. The van der Waals surface area contributed by atoms with Gasteiger partial charge in [-0.15, -0.1) is 0 Å². The summed E-state index contributed by atoms with van der Waals surface area (Å²) in [6.45, 7) is -0.0346. The fourth-order valence-corrected chi connectivity index (χ4v) is 1.96. The molecule has 0 unspecified atom stereocenters. The molecule has 5 nitrogen and oxygen atoms in total. The molecule has 0 heterocycles. The third-order valence-electron chi connectivity index (χ3n) is 2.99. The first-order valence-corrected chi connectivity index (χ1v) is 6.38. The number of hydrogen-bond acceptors (Lipinski definition) is 3. The number of nitrogens with one attached hydrogen (secondary N) is 1. The number of aldehydes is 1. The van der Waals surface area contributed by atoms with E-state index in [2.05, 4.69) is 0 Å². The third-order valence-corrected chi connectivity index (χ3v) is 2.99. The quantitative estimate of drug-likeness (QED) is 0.498. The largest absolute Gasteiger partial charge is 0.384 e. The number of carbonyl (C=O) groups excluding carboxylic acids is 2. The topological polar surface area (TPSA) is 87.2 Å². The first kappa shape index (κ1) is 14.5. The van der Waals surface area contributed by atoms with Gasteiger partial charge in [0.2, 0.25) is 0 Å². The molecule has 106 valence electrons. The maximum absolute atomic E-state index is 12.6. The van der Waals surface area contributed by atoms with Crippen LogP contribution < -0.4 is 10.6 Å². The number of nitrogen functional groups attached to an aromatic ring is 1. The molecule has 5 heteroatoms. The van der Waals surface area contributed by atoms with E-state index < -0.39 is 0 Å². The fourth-order valence-electron chi connectivity index (χ4n) is 1.96. The molecule has 0 aliphatic rings. The van der Waals surface area contributed by atoms with Crippen molar-refractivity contribution in [3.8, 4) is 0 Å². The predicted octanol–water partition coefficient (Wildman–Crippen LogP) is 1.82. The van der Waals surface area contributed by atoms with Crippen molar-refractivity contribution >= 4 is 23.7 Å². The minimum atomic E-state index is -0.309. The summed E-state index contributed by atoms with van der Waals surface area (Å²) >= 11 is 0. The van der Waals surface area contributed by atoms with Crippen molar-refractivity contribution in [3.05, 3.63) is 65.7 Å². The van der Waals surface area contributed by atoms with Crippen LogP contribution in [0.5, 0.6) is 0 Å². The van der Waals surface area contributed by atoms with Gasteiger partial charge >= 0.3 is 0 Å². The molecule has 0 aliphatic carbocycles. The van der Waals surface area contributed by atoms with Gasteiger partial charge in [0.1, 0.15) is 12.1 Å². The number of rotatable bonds is 5. The summed E-state index contributed by atoms with van der Waals surface area (Å²) in [6, 6.07) is 15.5. The lowest BCUT2D eigenvalue weighted by Gasteiger charge is -2.20. The van der Waals surface area contributed by atoms with Crippen LogP contribution in [0.2, 0.25) is 0 Å². The molecule has 0 fully saturated rings. The Bertz CT molecular complexity index is 668. The molecule has 0 aliphatic heterocycles. The van der Waals surface area contributed by atoms with Crippen LogP contribution in [0.3, 0.4) is 0 Å². The Morgan fingerprint density at radius 1 is 1.10 bits per heavy atom. The number of para-hydroxylation sites is 1. The average Bonchev–Trinajstić information content (AvgIpc) is 2.53. The minimum absolute atomic E-state index is 0.0346. The Kier molecular flexibility index (Phi) is 4.46. The Labute approximate surface area is 122 Å². The second-order valence-electron chi connectivity index (χ2n) is 4.41. The second kappa shape index (κ2) is 6.47. The molecule has 21 heavy (non-hydrogen) atoms. The molecule has 0 atom stereocenters. The zero-order chi connectivity index (χ0) is 15.2. The van der Waals surface area contributed by atoms with Crippen molar-refractivity contribution in [3.63, 3.8) is 0 Å². The number of hydrogen-bond donors (Lipinski definition) is 2. The van der Waals surface area contributed by atoms with Crippen molar-refractivity contribution < 1.29 is 9.59 Å². The Balaban J connectivity index is 2.37. The van der Waals surface area contributed by atoms with Gasteiger partial charge in [-0.25, -0.2) is 0 Å². The zero-order valence-electron chi connectivity index (χ0n) is 11.3. The number of nitrogens with zero attached hydrogens (tertiary/aromatic N) is 1. The normalized spacial score (nSPS) is 9.90. The number of benzene rings is 2. The molecule has 0 spiro atoms. The number of nitrogens with two attached hydrogens (primary N) is 1. The van der Waals surface area contributed by atoms with E-state index in [4.69, 9.17) is 11.1 Å². The van der Waals surface area contributed by atoms with Gasteiger partial charge in [-0.1, -0.05) is 30.3 Å². The molecule has 0 bridgehead atoms. The van der Waals surface area contributed by atoms with Crippen molar-refractivity contribution in [2.24, 2.45) is 5.73 Å². The van der Waals surface area contributed by atoms with E-state index in [1.165, 1.54) is 4.90 Å². The summed E-state index contributed by atoms with van der Waals surface area (Å²) in [5, 5.41) is 7.42. The standard InChI is InChI=1S/C16H15N3O2/c17-15(18)12-5-4-6-13(11-12)16(21)19(9-10-20)14-7-2-1-3-8-14/h1-8,10-11H,9H2,(H3,17,18). The van der Waals surface area contributed by atoms with E-state index in [-0.39, 0.29) is 18.3 Å². The molecule has 3 N–H and O–H groups in total. The minimum Gasteiger partial charge on any atom is -0.384 e. The Morgan fingerprint density at radius 3 is 2.38 bits per heavy atom. The van der Waals surface area contributed by atoms with Crippen LogP contribution in [0.1, 0.15) is 15.9 Å². The van der Waals surface area contributed by atoms with E-state index in [9.17, 15) is 9.59 Å². The number of carbonyl (C=O) groups is 2. The van der Waals surface area contributed by atoms with Crippen molar-refractivity contribution in [2.75, 3.05) is 11.4 Å². The summed E-state index contributed by atoms with van der Waals surface area (Å²) in [4.78, 5) is 24.8. The molecule has 0 radical (unpaired) electrons. The van der Waals surface area contributed by atoms with E-state index in [1.54, 1.807) is 48.5 Å². The summed E-state index contributed by atoms with van der Waals surface area (Å²) < 4.78 is 0. The lowest BCUT2D eigenvalue weighted by Crippen LogP contribution is -2.32. The predicted molar refractivity (Wildman–Crippen MR) is 81.6 cm³/mol. The summed E-state index contributed by atoms with van der Waals surface area (Å²) in [7, 11) is 0. The van der Waals surface area contributed by atoms with E-state index >= 15 is 0 Å². The zero-order valence-corrected chi connectivity index (χ0v) is 11.3. The van der Waals surface area contributed by atoms with Gasteiger partial charge in [0, 0.05) is 16.8 Å². The Hall–Kier alpha value is -2.95. The van der Waals surface area contributed by atoms with Gasteiger partial charge in [0.15, 0.2) is 0 Å². The van der Waals surface area contributed by atoms with E-state index in [1.807, 2.05) is 6.07 Å². The average molecular weight is 281 g/mol. The molecule has 2 aromatic carbocycles. The van der Waals surface area contributed by atoms with Crippen LogP contribution in [-0.4, -0.2) is 24.6 Å². The Morgan fingerprint density at radius 2 is 1.76 bits per heavy atom. The van der Waals surface area contributed by atoms with Crippen LogP contribution in [0.4, 0.5) is 5.69 Å². The highest BCUT2D eigenvalue weighted by molar-refractivity contribution is 6.08. The fraction of sp³-hybridized carbons (Fsp3) is 0.0625. The lowest BCUT2D eigenvalue weighted by atomic mass is 10.1. The van der Waals surface area contributed by atoms with Crippen LogP contribution in [0.15, 0.2) is 54.6 Å². The molecule has 2 aromatic rings. The maximum atomic E-state index is 12.6. The van der Waals surface area contributed by atoms with Gasteiger partial charge in [-0.05, 0) is 24.3 Å². The summed E-state index contributed by atoms with van der Waals surface area (Å²) in [6.07, 6.45) is 0.680. The first-order chi connectivity index (χ1) is 10.1. The van der Waals surface area contributed by atoms with Crippen LogP contribution in [-0.2, 0) is 4.79 Å². The molecular formula is C16H15N3O2.